The van der Waals surface area contributed by atoms with Crippen molar-refractivity contribution in [3.63, 3.8) is 0 Å². The molecule has 6 heteroatoms. The molecule has 15 heavy (non-hydrogen) atoms. The van der Waals surface area contributed by atoms with Gasteiger partial charge >= 0.3 is 0 Å². The Hall–Kier alpha value is -0.750. The average Bonchev–Trinajstić information content (AvgIpc) is 2.75. The predicted octanol–water partition coefficient (Wildman–Crippen LogP) is 1.39. The second-order valence-corrected chi connectivity index (χ2v) is 4.42. The van der Waals surface area contributed by atoms with E-state index in [2.05, 4.69) is 15.8 Å². The minimum atomic E-state index is 0.705. The van der Waals surface area contributed by atoms with E-state index in [-0.39, 0.29) is 0 Å². The average molecular weight is 245 g/mol. The van der Waals surface area contributed by atoms with Crippen LogP contribution in [0.15, 0.2) is 16.9 Å². The van der Waals surface area contributed by atoms with E-state index < -0.39 is 0 Å². The van der Waals surface area contributed by atoms with Crippen molar-refractivity contribution in [2.75, 3.05) is 19.3 Å². The van der Waals surface area contributed by atoms with Crippen LogP contribution >= 0.6 is 24.0 Å². The first-order valence-corrected chi connectivity index (χ1v) is 6.32. The van der Waals surface area contributed by atoms with Gasteiger partial charge in [0, 0.05) is 25.4 Å². The number of hydrogen-bond acceptors (Lipinski definition) is 4. The minimum absolute atomic E-state index is 0.705. The summed E-state index contributed by atoms with van der Waals surface area (Å²) >= 11 is 6.79. The number of aromatic nitrogens is 1. The van der Waals surface area contributed by atoms with Crippen molar-refractivity contribution < 1.29 is 4.52 Å². The predicted molar refractivity (Wildman–Crippen MR) is 66.9 cm³/mol. The maximum Gasteiger partial charge on any atom is 0.166 e. The van der Waals surface area contributed by atoms with Crippen LogP contribution in [0.2, 0.25) is 0 Å². The molecule has 0 aromatic carbocycles. The fourth-order valence-corrected chi connectivity index (χ4v) is 1.91. The van der Waals surface area contributed by atoms with Crippen LogP contribution in [0, 0.1) is 0 Å². The number of nitrogens with zero attached hydrogens (tertiary/aromatic N) is 1. The first-order chi connectivity index (χ1) is 7.33. The maximum absolute atomic E-state index is 4.95. The first kappa shape index (κ1) is 12.3. The molecule has 0 fully saturated rings. The molecule has 0 aliphatic heterocycles. The van der Waals surface area contributed by atoms with Gasteiger partial charge in [-0.2, -0.15) is 11.8 Å². The SMILES string of the molecule is CNC(=S)NCCCSCc1ccon1. The first-order valence-electron chi connectivity index (χ1n) is 4.75. The molecule has 4 nitrogen and oxygen atoms in total. The lowest BCUT2D eigenvalue weighted by atomic mass is 10.5. The molecule has 0 amide bonds. The second-order valence-electron chi connectivity index (χ2n) is 2.90. The Kier molecular flexibility index (Phi) is 6.18. The summed E-state index contributed by atoms with van der Waals surface area (Å²) in [6.07, 6.45) is 2.69. The van der Waals surface area contributed by atoms with Crippen molar-refractivity contribution in [1.82, 2.24) is 15.8 Å². The van der Waals surface area contributed by atoms with Crippen molar-refractivity contribution in [2.45, 2.75) is 12.2 Å². The second kappa shape index (κ2) is 7.53. The van der Waals surface area contributed by atoms with Gasteiger partial charge in [0.05, 0.1) is 5.69 Å². The third-order valence-electron chi connectivity index (χ3n) is 1.72. The molecule has 0 unspecified atom stereocenters. The van der Waals surface area contributed by atoms with Crippen LogP contribution in [0.4, 0.5) is 0 Å². The van der Waals surface area contributed by atoms with E-state index in [1.165, 1.54) is 0 Å². The molecule has 0 aliphatic carbocycles. The number of hydrogen-bond donors (Lipinski definition) is 2. The van der Waals surface area contributed by atoms with Crippen LogP contribution in [0.1, 0.15) is 12.1 Å². The Bertz CT molecular complexity index is 277. The highest BCUT2D eigenvalue weighted by atomic mass is 32.2. The zero-order valence-corrected chi connectivity index (χ0v) is 10.3. The van der Waals surface area contributed by atoms with Gasteiger partial charge in [0.2, 0.25) is 0 Å². The Morgan fingerprint density at radius 3 is 3.20 bits per heavy atom. The summed E-state index contributed by atoms with van der Waals surface area (Å²) < 4.78 is 4.74. The van der Waals surface area contributed by atoms with Gasteiger partial charge < -0.3 is 15.2 Å². The molecule has 84 valence electrons. The van der Waals surface area contributed by atoms with Gasteiger partial charge in [0.1, 0.15) is 6.26 Å². The van der Waals surface area contributed by atoms with E-state index in [9.17, 15) is 0 Å². The third-order valence-corrected chi connectivity index (χ3v) is 3.14. The van der Waals surface area contributed by atoms with Crippen LogP contribution in [0.25, 0.3) is 0 Å². The van der Waals surface area contributed by atoms with Crippen molar-refractivity contribution in [1.29, 1.82) is 0 Å². The Morgan fingerprint density at radius 2 is 2.53 bits per heavy atom. The molecule has 0 atom stereocenters. The van der Waals surface area contributed by atoms with Gasteiger partial charge in [-0.1, -0.05) is 5.16 Å². The number of thiocarbonyl (C=S) groups is 1. The molecule has 0 saturated carbocycles. The normalized spacial score (nSPS) is 9.93. The molecule has 1 rings (SSSR count). The summed E-state index contributed by atoms with van der Waals surface area (Å²) in [5.41, 5.74) is 0.999. The van der Waals surface area contributed by atoms with E-state index in [0.717, 1.165) is 30.2 Å². The van der Waals surface area contributed by atoms with E-state index in [0.29, 0.717) is 5.11 Å². The molecule has 2 N–H and O–H groups in total. The van der Waals surface area contributed by atoms with Crippen LogP contribution < -0.4 is 10.6 Å². The number of nitrogens with one attached hydrogen (secondary N) is 2. The van der Waals surface area contributed by atoms with Crippen molar-refractivity contribution in [3.8, 4) is 0 Å². The highest BCUT2D eigenvalue weighted by molar-refractivity contribution is 7.98. The van der Waals surface area contributed by atoms with Gasteiger partial charge in [-0.05, 0) is 24.4 Å². The third kappa shape index (κ3) is 5.64. The van der Waals surface area contributed by atoms with E-state index >= 15 is 0 Å². The van der Waals surface area contributed by atoms with Gasteiger partial charge in [-0.15, -0.1) is 0 Å². The standard InChI is InChI=1S/C9H15N3OS2/c1-10-9(14)11-4-2-6-15-7-8-3-5-13-12-8/h3,5H,2,4,6-7H2,1H3,(H2,10,11,14). The van der Waals surface area contributed by atoms with E-state index in [4.69, 9.17) is 16.7 Å². The fraction of sp³-hybridized carbons (Fsp3) is 0.556. The lowest BCUT2D eigenvalue weighted by Gasteiger charge is -2.05. The van der Waals surface area contributed by atoms with Crippen LogP contribution in [0.3, 0.4) is 0 Å². The maximum atomic E-state index is 4.95. The molecule has 1 aromatic heterocycles. The molecular weight excluding hydrogens is 230 g/mol. The van der Waals surface area contributed by atoms with Crippen LogP contribution in [0.5, 0.6) is 0 Å². The molecule has 0 radical (unpaired) electrons. The van der Waals surface area contributed by atoms with Crippen LogP contribution in [-0.2, 0) is 5.75 Å². The topological polar surface area (TPSA) is 50.1 Å². The van der Waals surface area contributed by atoms with Gasteiger partial charge in [0.15, 0.2) is 5.11 Å². The number of rotatable bonds is 6. The smallest absolute Gasteiger partial charge is 0.166 e. The molecule has 0 saturated heterocycles. The summed E-state index contributed by atoms with van der Waals surface area (Å²) in [6.45, 7) is 0.908. The molecule has 1 aromatic rings. The molecule has 1 heterocycles. The van der Waals surface area contributed by atoms with Crippen LogP contribution in [-0.4, -0.2) is 29.6 Å². The van der Waals surface area contributed by atoms with Gasteiger partial charge in [-0.25, -0.2) is 0 Å². The zero-order chi connectivity index (χ0) is 10.9. The molecule has 0 aliphatic rings. The number of thioether (sulfide) groups is 1. The molecule has 0 spiro atoms. The van der Waals surface area contributed by atoms with Gasteiger partial charge in [0.25, 0.3) is 0 Å². The quantitative estimate of drug-likeness (QED) is 0.583. The highest BCUT2D eigenvalue weighted by Crippen LogP contribution is 2.10. The largest absolute Gasteiger partial charge is 0.366 e. The molecular formula is C9H15N3OS2. The lowest BCUT2D eigenvalue weighted by molar-refractivity contribution is 0.414. The van der Waals surface area contributed by atoms with E-state index in [1.807, 2.05) is 24.9 Å². The summed E-state index contributed by atoms with van der Waals surface area (Å²) in [7, 11) is 1.81. The summed E-state index contributed by atoms with van der Waals surface area (Å²) in [6, 6.07) is 1.89. The lowest BCUT2D eigenvalue weighted by Crippen LogP contribution is -2.33. The monoisotopic (exact) mass is 245 g/mol. The fourth-order valence-electron chi connectivity index (χ4n) is 0.953. The van der Waals surface area contributed by atoms with Gasteiger partial charge in [-0.3, -0.25) is 0 Å². The zero-order valence-electron chi connectivity index (χ0n) is 8.66. The highest BCUT2D eigenvalue weighted by Gasteiger charge is 1.96. The summed E-state index contributed by atoms with van der Waals surface area (Å²) in [5.74, 6) is 2.00. The summed E-state index contributed by atoms with van der Waals surface area (Å²) in [4.78, 5) is 0. The van der Waals surface area contributed by atoms with Crippen molar-refractivity contribution in [2.24, 2.45) is 0 Å². The van der Waals surface area contributed by atoms with E-state index in [1.54, 1.807) is 6.26 Å². The Balaban J connectivity index is 1.91. The van der Waals surface area contributed by atoms with Crippen molar-refractivity contribution >= 4 is 29.1 Å². The summed E-state index contributed by atoms with van der Waals surface area (Å²) in [5, 5.41) is 10.5. The van der Waals surface area contributed by atoms with Crippen molar-refractivity contribution in [3.05, 3.63) is 18.0 Å². The Labute approximate surface area is 99.2 Å². The molecule has 0 bridgehead atoms. The Morgan fingerprint density at radius 1 is 1.67 bits per heavy atom. The minimum Gasteiger partial charge on any atom is -0.366 e.